The number of benzene rings is 1. The number of hydrogen-bond acceptors (Lipinski definition) is 11. The van der Waals surface area contributed by atoms with E-state index in [1.165, 1.54) is 36.6 Å². The molecule has 0 saturated carbocycles. The average Bonchev–Trinajstić information content (AvgIpc) is 3.51. The van der Waals surface area contributed by atoms with Gasteiger partial charge >= 0.3 is 5.97 Å². The Labute approximate surface area is 211 Å². The van der Waals surface area contributed by atoms with Crippen LogP contribution in [0.5, 0.6) is 11.5 Å². The van der Waals surface area contributed by atoms with Gasteiger partial charge in [0.1, 0.15) is 11.6 Å². The highest BCUT2D eigenvalue weighted by Gasteiger charge is 2.23. The molecule has 0 bridgehead atoms. The molecule has 0 aliphatic heterocycles. The second-order valence-corrected chi connectivity index (χ2v) is 10.9. The largest absolute Gasteiger partial charge is 0.490 e. The molecule has 0 atom stereocenters. The lowest BCUT2D eigenvalue weighted by atomic mass is 10.1. The molecule has 3 rings (SSSR count). The number of amides is 1. The lowest BCUT2D eigenvalue weighted by Gasteiger charge is -2.11. The summed E-state index contributed by atoms with van der Waals surface area (Å²) in [4.78, 5) is 24.8. The van der Waals surface area contributed by atoms with Crippen molar-refractivity contribution >= 4 is 44.3 Å². The number of nitriles is 1. The van der Waals surface area contributed by atoms with Crippen molar-refractivity contribution in [3.05, 3.63) is 53.5 Å². The molecule has 13 heteroatoms. The van der Waals surface area contributed by atoms with Crippen LogP contribution in [-0.2, 0) is 14.6 Å². The zero-order chi connectivity index (χ0) is 26.3. The number of sulfone groups is 1. The van der Waals surface area contributed by atoms with Crippen LogP contribution in [0.15, 0.2) is 50.9 Å². The van der Waals surface area contributed by atoms with Crippen molar-refractivity contribution in [2.24, 2.45) is 5.92 Å². The number of nitrogens with one attached hydrogen (secondary N) is 1. The number of anilines is 1. The van der Waals surface area contributed by atoms with Gasteiger partial charge in [0.25, 0.3) is 5.91 Å². The maximum atomic E-state index is 12.6. The average molecular weight is 531 g/mol. The van der Waals surface area contributed by atoms with Crippen molar-refractivity contribution in [3.8, 4) is 17.6 Å². The van der Waals surface area contributed by atoms with Gasteiger partial charge in [0, 0.05) is 0 Å². The van der Waals surface area contributed by atoms with Crippen LogP contribution < -0.4 is 14.8 Å². The van der Waals surface area contributed by atoms with Crippen LogP contribution in [0.25, 0.3) is 6.08 Å². The first kappa shape index (κ1) is 26.6. The summed E-state index contributed by atoms with van der Waals surface area (Å²) in [6, 6.07) is 9.29. The van der Waals surface area contributed by atoms with Gasteiger partial charge in [0.05, 0.1) is 18.6 Å². The number of nitrogens with zero attached hydrogens (tertiary/aromatic N) is 3. The predicted molar refractivity (Wildman–Crippen MR) is 130 cm³/mol. The van der Waals surface area contributed by atoms with Crippen LogP contribution in [0.4, 0.5) is 5.13 Å². The third kappa shape index (κ3) is 6.77. The van der Waals surface area contributed by atoms with Gasteiger partial charge in [-0.25, -0.2) is 13.2 Å². The Kier molecular flexibility index (Phi) is 8.57. The minimum Gasteiger partial charge on any atom is -0.490 e. The summed E-state index contributed by atoms with van der Waals surface area (Å²) in [5.74, 6) is -1.36. The van der Waals surface area contributed by atoms with Crippen LogP contribution in [0.2, 0.25) is 0 Å². The van der Waals surface area contributed by atoms with Crippen molar-refractivity contribution in [1.82, 2.24) is 10.2 Å². The third-order valence-corrected chi connectivity index (χ3v) is 7.68. The molecular weight excluding hydrogens is 508 g/mol. The van der Waals surface area contributed by atoms with E-state index in [0.29, 0.717) is 16.9 Å². The van der Waals surface area contributed by atoms with E-state index in [2.05, 4.69) is 15.5 Å². The summed E-state index contributed by atoms with van der Waals surface area (Å²) in [7, 11) is -3.63. The van der Waals surface area contributed by atoms with E-state index in [9.17, 15) is 23.3 Å². The van der Waals surface area contributed by atoms with Gasteiger partial charge in [0.15, 0.2) is 11.5 Å². The summed E-state index contributed by atoms with van der Waals surface area (Å²) in [5.41, 5.74) is 0.139. The molecule has 0 radical (unpaired) electrons. The van der Waals surface area contributed by atoms with E-state index in [4.69, 9.17) is 13.9 Å². The first-order valence-electron chi connectivity index (χ1n) is 10.6. The Morgan fingerprint density at radius 1 is 1.25 bits per heavy atom. The van der Waals surface area contributed by atoms with Crippen molar-refractivity contribution in [2.75, 3.05) is 17.7 Å². The quantitative estimate of drug-likeness (QED) is 0.134. The molecule has 1 N–H and O–H groups in total. The zero-order valence-corrected chi connectivity index (χ0v) is 21.2. The highest BCUT2D eigenvalue weighted by atomic mass is 32.2. The number of rotatable bonds is 10. The summed E-state index contributed by atoms with van der Waals surface area (Å²) < 4.78 is 40.3. The Morgan fingerprint density at radius 3 is 2.67 bits per heavy atom. The second kappa shape index (κ2) is 11.6. The highest BCUT2D eigenvalue weighted by molar-refractivity contribution is 7.93. The van der Waals surface area contributed by atoms with Gasteiger partial charge in [-0.3, -0.25) is 10.1 Å². The van der Waals surface area contributed by atoms with Crippen molar-refractivity contribution in [2.45, 2.75) is 25.1 Å². The summed E-state index contributed by atoms with van der Waals surface area (Å²) in [6.45, 7) is 5.53. The SMILES string of the molecule is CCOc1cc(/C=C(/C#N)C(=O)Nc2nnc(S(=O)(=O)CC(C)C)s2)ccc1OC(=O)c1ccco1. The molecule has 188 valence electrons. The zero-order valence-electron chi connectivity index (χ0n) is 19.5. The molecule has 0 aliphatic rings. The van der Waals surface area contributed by atoms with Gasteiger partial charge in [-0.05, 0) is 48.7 Å². The normalized spacial score (nSPS) is 11.7. The van der Waals surface area contributed by atoms with Crippen molar-refractivity contribution in [3.63, 3.8) is 0 Å². The first-order valence-corrected chi connectivity index (χ1v) is 13.1. The predicted octanol–water partition coefficient (Wildman–Crippen LogP) is 3.72. The van der Waals surface area contributed by atoms with E-state index in [0.717, 1.165) is 0 Å². The molecule has 3 aromatic rings. The molecule has 2 aromatic heterocycles. The Hall–Kier alpha value is -4.02. The van der Waals surface area contributed by atoms with Crippen molar-refractivity contribution in [1.29, 1.82) is 5.26 Å². The molecule has 1 amide bonds. The third-order valence-electron chi connectivity index (χ3n) is 4.31. The maximum Gasteiger partial charge on any atom is 0.379 e. The number of carbonyl (C=O) groups excluding carboxylic acids is 2. The van der Waals surface area contributed by atoms with Crippen LogP contribution in [-0.4, -0.2) is 42.9 Å². The minimum atomic E-state index is -3.63. The Bertz CT molecular complexity index is 1420. The van der Waals surface area contributed by atoms with E-state index in [1.807, 2.05) is 0 Å². The lowest BCUT2D eigenvalue weighted by Crippen LogP contribution is -2.13. The molecule has 2 heterocycles. The molecular formula is C23H22N4O7S2. The Balaban J connectivity index is 1.78. The second-order valence-electron chi connectivity index (χ2n) is 7.68. The molecule has 1 aromatic carbocycles. The minimum absolute atomic E-state index is 0.0155. The van der Waals surface area contributed by atoms with Crippen LogP contribution >= 0.6 is 11.3 Å². The number of esters is 1. The highest BCUT2D eigenvalue weighted by Crippen LogP contribution is 2.30. The van der Waals surface area contributed by atoms with E-state index in [1.54, 1.807) is 32.9 Å². The smallest absolute Gasteiger partial charge is 0.379 e. The molecule has 0 aliphatic carbocycles. The standard InChI is InChI=1S/C23H22N4O7S2/c1-4-32-19-11-15(7-8-17(19)34-21(29)18-6-5-9-33-18)10-16(12-24)20(28)25-22-26-27-23(35-22)36(30,31)13-14(2)3/h5-11,14H,4,13H2,1-3H3,(H,25,26,28)/b16-10-. The molecule has 0 fully saturated rings. The summed E-state index contributed by atoms with van der Waals surface area (Å²) in [5, 5.41) is 19.2. The summed E-state index contributed by atoms with van der Waals surface area (Å²) >= 11 is 0.705. The number of ether oxygens (including phenoxy) is 2. The van der Waals surface area contributed by atoms with E-state index in [-0.39, 0.29) is 50.6 Å². The molecule has 0 unspecified atom stereocenters. The van der Waals surface area contributed by atoms with Crippen molar-refractivity contribution < 1.29 is 31.9 Å². The fourth-order valence-corrected chi connectivity index (χ4v) is 5.49. The first-order chi connectivity index (χ1) is 17.1. The van der Waals surface area contributed by atoms with E-state index >= 15 is 0 Å². The topological polar surface area (TPSA) is 161 Å². The fourth-order valence-electron chi connectivity index (χ4n) is 2.89. The number of carbonyl (C=O) groups is 2. The monoisotopic (exact) mass is 530 g/mol. The molecule has 0 spiro atoms. The summed E-state index contributed by atoms with van der Waals surface area (Å²) in [6.07, 6.45) is 2.64. The van der Waals surface area contributed by atoms with Gasteiger partial charge in [-0.15, -0.1) is 10.2 Å². The number of aromatic nitrogens is 2. The van der Waals surface area contributed by atoms with Gasteiger partial charge in [-0.2, -0.15) is 5.26 Å². The van der Waals surface area contributed by atoms with E-state index < -0.39 is 21.7 Å². The van der Waals surface area contributed by atoms with Crippen LogP contribution in [0.1, 0.15) is 36.9 Å². The molecule has 0 saturated heterocycles. The number of hydrogen-bond donors (Lipinski definition) is 1. The van der Waals surface area contributed by atoms with Crippen LogP contribution in [0.3, 0.4) is 0 Å². The molecule has 11 nitrogen and oxygen atoms in total. The maximum absolute atomic E-state index is 12.6. The van der Waals surface area contributed by atoms with Gasteiger partial charge in [0.2, 0.25) is 25.1 Å². The van der Waals surface area contributed by atoms with Gasteiger partial charge < -0.3 is 13.9 Å². The lowest BCUT2D eigenvalue weighted by molar-refractivity contribution is -0.112. The number of furan rings is 1. The Morgan fingerprint density at radius 2 is 2.03 bits per heavy atom. The van der Waals surface area contributed by atoms with Crippen LogP contribution in [0, 0.1) is 17.2 Å². The molecule has 36 heavy (non-hydrogen) atoms. The van der Waals surface area contributed by atoms with Gasteiger partial charge in [-0.1, -0.05) is 31.3 Å². The fraction of sp³-hybridized carbons (Fsp3) is 0.261.